The Morgan fingerprint density at radius 3 is 1.46 bits per heavy atom. The third-order valence-corrected chi connectivity index (χ3v) is 13.3. The second kappa shape index (κ2) is 32.8. The maximum absolute atomic E-state index is 14.2. The van der Waals surface area contributed by atoms with Crippen LogP contribution in [-0.4, -0.2) is 106 Å². The molecule has 17 nitrogen and oxygen atoms in total. The first-order chi connectivity index (χ1) is 40.4. The van der Waals surface area contributed by atoms with Gasteiger partial charge in [-0.05, 0) is 90.1 Å². The Balaban J connectivity index is 0.000000262. The molecule has 0 aliphatic carbocycles. The molecule has 8 rings (SSSR count). The molecule has 4 aromatic heterocycles. The largest absolute Gasteiger partial charge is 0.404 e. The Bertz CT molecular complexity index is 3850. The van der Waals surface area contributed by atoms with Crippen LogP contribution in [0.2, 0.25) is 10.0 Å². The summed E-state index contributed by atoms with van der Waals surface area (Å²) in [5.74, 6) is 5.60. The van der Waals surface area contributed by atoms with E-state index in [1.165, 1.54) is 60.6 Å². The molecular formula is C61H59BrCl2F2N10O7PS+. The van der Waals surface area contributed by atoms with Crippen molar-refractivity contribution in [2.45, 2.75) is 79.8 Å². The third kappa shape index (κ3) is 20.3. The van der Waals surface area contributed by atoms with Gasteiger partial charge in [0.15, 0.2) is 11.6 Å². The van der Waals surface area contributed by atoms with Crippen LogP contribution in [0.5, 0.6) is 0 Å². The maximum Gasteiger partial charge on any atom is 0.404 e. The van der Waals surface area contributed by atoms with Gasteiger partial charge in [0.2, 0.25) is 23.6 Å². The van der Waals surface area contributed by atoms with Crippen molar-refractivity contribution in [3.05, 3.63) is 188 Å². The normalized spacial score (nSPS) is 10.6. The van der Waals surface area contributed by atoms with Crippen LogP contribution in [0.15, 0.2) is 127 Å². The molecule has 4 amide bonds. The van der Waals surface area contributed by atoms with E-state index < -0.39 is 30.5 Å². The van der Waals surface area contributed by atoms with Crippen LogP contribution in [0.3, 0.4) is 0 Å². The summed E-state index contributed by atoms with van der Waals surface area (Å²) >= 11 is 18.5. The minimum Gasteiger partial charge on any atom is -0.350 e. The predicted octanol–water partition coefficient (Wildman–Crippen LogP) is 11.1. The molecule has 0 spiro atoms. The molecule has 24 heteroatoms. The van der Waals surface area contributed by atoms with E-state index in [2.05, 4.69) is 76.5 Å². The Morgan fingerprint density at radius 1 is 0.659 bits per heavy atom. The van der Waals surface area contributed by atoms with E-state index in [1.54, 1.807) is 79.0 Å². The van der Waals surface area contributed by atoms with E-state index in [-0.39, 0.29) is 95.9 Å². The summed E-state index contributed by atoms with van der Waals surface area (Å²) in [6.07, 6.45) is 17.6. The second-order valence-electron chi connectivity index (χ2n) is 19.2. The Labute approximate surface area is 515 Å². The minimum absolute atomic E-state index is 0.0170. The molecule has 0 aliphatic heterocycles. The molecule has 0 fully saturated rings. The zero-order chi connectivity index (χ0) is 62.5. The number of rotatable bonds is 16. The molecule has 0 radical (unpaired) electrons. The fourth-order valence-corrected chi connectivity index (χ4v) is 8.87. The number of carbonyl (C=O) groups excluding carboxylic acids is 6. The number of nitrogens with zero attached hydrogens (tertiary/aromatic N) is 8. The van der Waals surface area contributed by atoms with Gasteiger partial charge in [-0.2, -0.15) is 0 Å². The fraction of sp³-hybridized carbons (Fsp3) is 0.246. The highest BCUT2D eigenvalue weighted by molar-refractivity contribution is 9.10. The monoisotopic (exact) mass is 1290 g/mol. The molecular weight excluding hydrogens is 1240 g/mol. The van der Waals surface area contributed by atoms with Gasteiger partial charge in [-0.1, -0.05) is 85.7 Å². The van der Waals surface area contributed by atoms with Gasteiger partial charge in [0.1, 0.15) is 56.3 Å². The fourth-order valence-electron chi connectivity index (χ4n) is 8.12. The van der Waals surface area contributed by atoms with E-state index in [0.29, 0.717) is 38.7 Å². The van der Waals surface area contributed by atoms with Crippen LogP contribution in [0.1, 0.15) is 90.1 Å². The quantitative estimate of drug-likeness (QED) is 0.0358. The number of amides is 4. The highest BCUT2D eigenvalue weighted by Gasteiger charge is 2.25. The smallest absolute Gasteiger partial charge is 0.350 e. The van der Waals surface area contributed by atoms with Gasteiger partial charge in [0, 0.05) is 116 Å². The predicted molar refractivity (Wildman–Crippen MR) is 332 cm³/mol. The van der Waals surface area contributed by atoms with Gasteiger partial charge >= 0.3 is 7.00 Å². The molecule has 8 aromatic rings. The lowest BCUT2D eigenvalue weighted by molar-refractivity contribution is -0.138. The van der Waals surface area contributed by atoms with Crippen molar-refractivity contribution in [3.63, 3.8) is 0 Å². The van der Waals surface area contributed by atoms with Gasteiger partial charge in [-0.25, -0.2) is 28.7 Å². The highest BCUT2D eigenvalue weighted by Crippen LogP contribution is 2.27. The van der Waals surface area contributed by atoms with Crippen molar-refractivity contribution in [2.24, 2.45) is 0 Å². The number of ketones is 2. The van der Waals surface area contributed by atoms with E-state index in [0.717, 1.165) is 15.4 Å². The van der Waals surface area contributed by atoms with Crippen LogP contribution in [-0.2, 0) is 49.9 Å². The van der Waals surface area contributed by atoms with Crippen molar-refractivity contribution in [2.75, 3.05) is 19.8 Å². The molecule has 0 aliphatic rings. The maximum atomic E-state index is 14.2. The number of halogens is 5. The van der Waals surface area contributed by atoms with E-state index in [4.69, 9.17) is 29.6 Å². The Kier molecular flexibility index (Phi) is 26.1. The number of carbonyl (C=O) groups is 6. The molecule has 440 valence electrons. The minimum atomic E-state index is -1.18. The molecule has 1 unspecified atom stereocenters. The van der Waals surface area contributed by atoms with E-state index in [9.17, 15) is 42.1 Å². The van der Waals surface area contributed by atoms with Gasteiger partial charge in [-0.15, -0.1) is 6.42 Å². The summed E-state index contributed by atoms with van der Waals surface area (Å²) < 4.78 is 41.9. The summed E-state index contributed by atoms with van der Waals surface area (Å²) in [7, 11) is -1.18. The first-order valence-electron chi connectivity index (χ1n) is 25.9. The number of Topliss-reactive ketones (excluding diaryl/α,β-unsaturated/α-hetero) is 2. The van der Waals surface area contributed by atoms with Crippen molar-refractivity contribution < 1.29 is 42.1 Å². The third-order valence-electron chi connectivity index (χ3n) is 12.3. The standard InChI is InChI=1S/C30H27ClFN5O3.C24H24BrClFN3O3.C6H4N2.CH3OPS/c1-19(2)37(16-28(39)35-14-23-5-4-6-26(31)30(23)32)29(40)17-36-15-25(20(3)38)24-11-21(9-10-27(24)36)7-8-22-12-33-18-34-13-22;1-14(2)30(12-22(32)28-10-16-5-4-6-20(26)24(16)27)23(33)13-29-11-19(15(3)31)18-9-17(25)7-8-21(18)29;1-2-6-3-7-5-8-4-6;1-3(2)4/h4-6,9-13,15,18-19H,14,16-17H2,1-3H3,(H,35,39);4-9,11,14H,10,12-13H2,1-3H3,(H,28,32);1,3-5H;1H3/p+1. The van der Waals surface area contributed by atoms with Crippen LogP contribution >= 0.6 is 58.4 Å². The Hall–Kier alpha value is -8.17. The Morgan fingerprint density at radius 2 is 1.06 bits per heavy atom. The molecule has 2 N–H and O–H groups in total. The number of aromatic nitrogens is 6. The first-order valence-corrected chi connectivity index (χ1v) is 30.3. The number of nitrogens with one attached hydrogen (secondary N) is 2. The zero-order valence-corrected chi connectivity index (χ0v) is 52.1. The molecule has 4 aromatic carbocycles. The van der Waals surface area contributed by atoms with Crippen molar-refractivity contribution in [3.8, 4) is 24.2 Å². The average molecular weight is 1300 g/mol. The highest BCUT2D eigenvalue weighted by atomic mass is 79.9. The lowest BCUT2D eigenvalue weighted by Gasteiger charge is -2.26. The van der Waals surface area contributed by atoms with Gasteiger partial charge in [0.05, 0.1) is 34.3 Å². The number of thiol groups is 1. The van der Waals surface area contributed by atoms with Gasteiger partial charge in [-0.3, -0.25) is 28.8 Å². The summed E-state index contributed by atoms with van der Waals surface area (Å²) in [6, 6.07) is 19.6. The number of benzene rings is 4. The number of hydrogen-bond acceptors (Lipinski definition) is 11. The summed E-state index contributed by atoms with van der Waals surface area (Å²) in [5.41, 5.74) is 5.02. The van der Waals surface area contributed by atoms with Crippen molar-refractivity contribution in [1.29, 1.82) is 0 Å². The summed E-state index contributed by atoms with van der Waals surface area (Å²) in [5, 5.41) is 6.67. The van der Waals surface area contributed by atoms with E-state index in [1.807, 2.05) is 50.2 Å². The summed E-state index contributed by atoms with van der Waals surface area (Å²) in [4.78, 5) is 94.3. The summed E-state index contributed by atoms with van der Waals surface area (Å²) in [6.45, 7) is 11.1. The number of fused-ring (bicyclic) bond motifs is 2. The molecule has 0 saturated heterocycles. The topological polar surface area (TPSA) is 211 Å². The van der Waals surface area contributed by atoms with Crippen LogP contribution in [0, 0.1) is 35.8 Å². The van der Waals surface area contributed by atoms with Crippen LogP contribution in [0.4, 0.5) is 8.78 Å². The molecule has 85 heavy (non-hydrogen) atoms. The first kappa shape index (κ1) is 67.6. The lowest BCUT2D eigenvalue weighted by atomic mass is 10.1. The van der Waals surface area contributed by atoms with Gasteiger partial charge in [0.25, 0.3) is 0 Å². The van der Waals surface area contributed by atoms with Gasteiger partial charge < -0.3 is 29.6 Å². The molecule has 1 atom stereocenters. The zero-order valence-electron chi connectivity index (χ0n) is 47.2. The SMILES string of the molecule is C#Cc1cncnc1.CC(=O)c1cn(CC(=O)N(CC(=O)NCc2cccc(Cl)c2F)C(C)C)c2ccc(Br)cc12.CC(=O)c1cn(CC(=O)N(CC(=O)NCc2cccc(Cl)c2F)C(C)C)c2ccc(C#Cc3cncnc3)cc12.C[P+](=O)S. The van der Waals surface area contributed by atoms with Crippen LogP contribution in [0.25, 0.3) is 21.8 Å². The van der Waals surface area contributed by atoms with Crippen molar-refractivity contribution in [1.82, 2.24) is 49.5 Å². The second-order valence-corrected chi connectivity index (χ2v) is 23.5. The number of terminal acetylenes is 1. The molecule has 4 heterocycles. The average Bonchev–Trinajstić information content (AvgIpc) is 2.23. The van der Waals surface area contributed by atoms with Crippen molar-refractivity contribution >= 4 is 115 Å². The lowest BCUT2D eigenvalue weighted by Crippen LogP contribution is -2.45. The van der Waals surface area contributed by atoms with Crippen LogP contribution < -0.4 is 10.6 Å². The number of hydrogen-bond donors (Lipinski definition) is 3. The molecule has 0 bridgehead atoms. The molecule has 0 saturated carbocycles. The van der Waals surface area contributed by atoms with E-state index >= 15 is 0 Å².